The minimum Gasteiger partial charge on any atom is -0.384 e. The molecule has 138 valence electrons. The summed E-state index contributed by atoms with van der Waals surface area (Å²) >= 11 is 6.59. The molecule has 26 heavy (non-hydrogen) atoms. The molecular formula is C21H26ClN3O. The highest BCUT2D eigenvalue weighted by molar-refractivity contribution is 6.35. The van der Waals surface area contributed by atoms with Crippen LogP contribution in [0.2, 0.25) is 5.02 Å². The van der Waals surface area contributed by atoms with Crippen molar-refractivity contribution in [3.05, 3.63) is 64.6 Å². The van der Waals surface area contributed by atoms with Crippen LogP contribution in [0.4, 0.5) is 0 Å². The van der Waals surface area contributed by atoms with Gasteiger partial charge in [0, 0.05) is 30.0 Å². The maximum absolute atomic E-state index is 11.2. The van der Waals surface area contributed by atoms with E-state index in [1.54, 1.807) is 12.4 Å². The number of fused-ring (bicyclic) bond motifs is 1. The zero-order valence-corrected chi connectivity index (χ0v) is 16.6. The van der Waals surface area contributed by atoms with Crippen molar-refractivity contribution in [1.29, 1.82) is 0 Å². The number of aromatic nitrogens is 2. The Bertz CT molecular complexity index is 901. The number of pyridine rings is 1. The highest BCUT2D eigenvalue weighted by Crippen LogP contribution is 2.35. The zero-order chi connectivity index (χ0) is 18.9. The SMILES string of the molecule is CCc1c(CN(C)C)c2cccc(Cl)c2n1CC(C)(O)c1ccncc1. The number of benzene rings is 1. The van der Waals surface area contributed by atoms with Gasteiger partial charge >= 0.3 is 0 Å². The first kappa shape index (κ1) is 18.9. The van der Waals surface area contributed by atoms with Crippen LogP contribution in [0.1, 0.15) is 30.7 Å². The maximum atomic E-state index is 11.2. The predicted octanol–water partition coefficient (Wildman–Crippen LogP) is 4.22. The first-order valence-corrected chi connectivity index (χ1v) is 9.29. The lowest BCUT2D eigenvalue weighted by atomic mass is 9.97. The first-order chi connectivity index (χ1) is 12.3. The molecule has 3 rings (SSSR count). The molecule has 3 aromatic rings. The van der Waals surface area contributed by atoms with Crippen LogP contribution >= 0.6 is 11.6 Å². The molecule has 1 atom stereocenters. The van der Waals surface area contributed by atoms with Gasteiger partial charge in [0.05, 0.1) is 17.1 Å². The second-order valence-electron chi connectivity index (χ2n) is 7.25. The number of rotatable bonds is 6. The largest absolute Gasteiger partial charge is 0.384 e. The molecule has 0 saturated heterocycles. The third-order valence-electron chi connectivity index (χ3n) is 4.83. The molecule has 0 radical (unpaired) electrons. The normalized spacial score (nSPS) is 14.1. The van der Waals surface area contributed by atoms with Gasteiger partial charge in [-0.15, -0.1) is 0 Å². The van der Waals surface area contributed by atoms with Crippen LogP contribution in [0, 0.1) is 0 Å². The smallest absolute Gasteiger partial charge is 0.105 e. The van der Waals surface area contributed by atoms with E-state index in [4.69, 9.17) is 11.6 Å². The van der Waals surface area contributed by atoms with Gasteiger partial charge in [0.15, 0.2) is 0 Å². The van der Waals surface area contributed by atoms with Gasteiger partial charge in [0.25, 0.3) is 0 Å². The highest BCUT2D eigenvalue weighted by atomic mass is 35.5. The lowest BCUT2D eigenvalue weighted by molar-refractivity contribution is 0.0387. The third-order valence-corrected chi connectivity index (χ3v) is 5.14. The molecule has 0 fully saturated rings. The Morgan fingerprint density at radius 2 is 1.88 bits per heavy atom. The molecule has 2 aromatic heterocycles. The van der Waals surface area contributed by atoms with Gasteiger partial charge in [-0.25, -0.2) is 0 Å². The number of para-hydroxylation sites is 1. The van der Waals surface area contributed by atoms with Crippen LogP contribution in [-0.4, -0.2) is 33.7 Å². The summed E-state index contributed by atoms with van der Waals surface area (Å²) in [5.41, 5.74) is 3.32. The minimum atomic E-state index is -1.02. The summed E-state index contributed by atoms with van der Waals surface area (Å²) in [6.07, 6.45) is 4.30. The summed E-state index contributed by atoms with van der Waals surface area (Å²) in [5, 5.41) is 13.1. The number of hydrogen-bond donors (Lipinski definition) is 1. The van der Waals surface area contributed by atoms with Crippen LogP contribution in [0.3, 0.4) is 0 Å². The topological polar surface area (TPSA) is 41.3 Å². The Morgan fingerprint density at radius 3 is 2.50 bits per heavy atom. The monoisotopic (exact) mass is 371 g/mol. The predicted molar refractivity (Wildman–Crippen MR) is 108 cm³/mol. The van der Waals surface area contributed by atoms with E-state index in [0.717, 1.165) is 29.4 Å². The fraction of sp³-hybridized carbons (Fsp3) is 0.381. The molecule has 0 amide bonds. The van der Waals surface area contributed by atoms with Crippen LogP contribution in [0.15, 0.2) is 42.7 Å². The number of nitrogens with zero attached hydrogens (tertiary/aromatic N) is 3. The Hall–Kier alpha value is -1.88. The molecule has 5 heteroatoms. The molecular weight excluding hydrogens is 346 g/mol. The summed E-state index contributed by atoms with van der Waals surface area (Å²) in [6, 6.07) is 9.76. The van der Waals surface area contributed by atoms with E-state index in [1.807, 2.05) is 31.2 Å². The summed E-state index contributed by atoms with van der Waals surface area (Å²) in [6.45, 7) is 5.27. The van der Waals surface area contributed by atoms with Crippen LogP contribution in [0.25, 0.3) is 10.9 Å². The molecule has 0 aliphatic carbocycles. The van der Waals surface area contributed by atoms with Gasteiger partial charge in [-0.2, -0.15) is 0 Å². The van der Waals surface area contributed by atoms with E-state index in [9.17, 15) is 5.11 Å². The van der Waals surface area contributed by atoms with Crippen LogP contribution < -0.4 is 0 Å². The fourth-order valence-corrected chi connectivity index (χ4v) is 3.94. The molecule has 1 unspecified atom stereocenters. The van der Waals surface area contributed by atoms with Crippen molar-refractivity contribution in [3.63, 3.8) is 0 Å². The van der Waals surface area contributed by atoms with E-state index in [-0.39, 0.29) is 0 Å². The molecule has 1 N–H and O–H groups in total. The Balaban J connectivity index is 2.19. The average molecular weight is 372 g/mol. The van der Waals surface area contributed by atoms with Crippen molar-refractivity contribution in [3.8, 4) is 0 Å². The molecule has 0 saturated carbocycles. The number of halogens is 1. The molecule has 0 aliphatic rings. The van der Waals surface area contributed by atoms with Gasteiger partial charge in [0.1, 0.15) is 5.60 Å². The average Bonchev–Trinajstić information content (AvgIpc) is 2.88. The summed E-state index contributed by atoms with van der Waals surface area (Å²) in [7, 11) is 4.14. The van der Waals surface area contributed by atoms with Crippen LogP contribution in [0.5, 0.6) is 0 Å². The zero-order valence-electron chi connectivity index (χ0n) is 15.8. The molecule has 2 heterocycles. The van der Waals surface area contributed by atoms with Gasteiger partial charge < -0.3 is 14.6 Å². The Morgan fingerprint density at radius 1 is 1.19 bits per heavy atom. The van der Waals surface area contributed by atoms with Crippen LogP contribution in [-0.2, 0) is 25.1 Å². The lowest BCUT2D eigenvalue weighted by Crippen LogP contribution is -2.28. The highest BCUT2D eigenvalue weighted by Gasteiger charge is 2.27. The Labute approximate surface area is 160 Å². The molecule has 0 aliphatic heterocycles. The second kappa shape index (κ2) is 7.39. The minimum absolute atomic E-state index is 0.438. The van der Waals surface area contributed by atoms with Crippen molar-refractivity contribution in [2.45, 2.75) is 39.0 Å². The van der Waals surface area contributed by atoms with E-state index >= 15 is 0 Å². The van der Waals surface area contributed by atoms with E-state index in [0.29, 0.717) is 11.6 Å². The lowest BCUT2D eigenvalue weighted by Gasteiger charge is -2.26. The van der Waals surface area contributed by atoms with Crippen molar-refractivity contribution in [2.75, 3.05) is 14.1 Å². The van der Waals surface area contributed by atoms with E-state index in [1.165, 1.54) is 11.3 Å². The van der Waals surface area contributed by atoms with Crippen molar-refractivity contribution in [2.24, 2.45) is 0 Å². The quantitative estimate of drug-likeness (QED) is 0.705. The Kier molecular flexibility index (Phi) is 5.37. The molecule has 0 bridgehead atoms. The molecule has 1 aromatic carbocycles. The van der Waals surface area contributed by atoms with Gasteiger partial charge in [0.2, 0.25) is 0 Å². The first-order valence-electron chi connectivity index (χ1n) is 8.91. The standard InChI is InChI=1S/C21H26ClN3O/c1-5-19-17(13-24(3)4)16-7-6-8-18(22)20(16)25(19)14-21(2,26)15-9-11-23-12-10-15/h6-12,26H,5,13-14H2,1-4H3. The van der Waals surface area contributed by atoms with Crippen molar-refractivity contribution < 1.29 is 5.11 Å². The van der Waals surface area contributed by atoms with E-state index in [2.05, 4.69) is 41.5 Å². The number of hydrogen-bond acceptors (Lipinski definition) is 3. The third kappa shape index (κ3) is 3.50. The van der Waals surface area contributed by atoms with Crippen molar-refractivity contribution in [1.82, 2.24) is 14.5 Å². The van der Waals surface area contributed by atoms with Gasteiger partial charge in [-0.05, 0) is 56.8 Å². The molecule has 4 nitrogen and oxygen atoms in total. The maximum Gasteiger partial charge on any atom is 0.105 e. The summed E-state index contributed by atoms with van der Waals surface area (Å²) < 4.78 is 2.19. The van der Waals surface area contributed by atoms with Crippen molar-refractivity contribution >= 4 is 22.5 Å². The van der Waals surface area contributed by atoms with Gasteiger partial charge in [-0.3, -0.25) is 4.98 Å². The number of aliphatic hydroxyl groups is 1. The second-order valence-corrected chi connectivity index (χ2v) is 7.66. The summed E-state index contributed by atoms with van der Waals surface area (Å²) in [5.74, 6) is 0. The molecule has 0 spiro atoms. The van der Waals surface area contributed by atoms with E-state index < -0.39 is 5.60 Å². The fourth-order valence-electron chi connectivity index (χ4n) is 3.67. The summed E-state index contributed by atoms with van der Waals surface area (Å²) in [4.78, 5) is 6.22. The van der Waals surface area contributed by atoms with Gasteiger partial charge in [-0.1, -0.05) is 30.7 Å².